The Kier molecular flexibility index (Phi) is 5.38. The number of hydrogen-bond acceptors (Lipinski definition) is 4. The van der Waals surface area contributed by atoms with Crippen molar-refractivity contribution in [3.63, 3.8) is 0 Å². The van der Waals surface area contributed by atoms with Crippen LogP contribution in [0.4, 0.5) is 0 Å². The lowest BCUT2D eigenvalue weighted by molar-refractivity contribution is -0.121. The van der Waals surface area contributed by atoms with Crippen molar-refractivity contribution < 1.29 is 4.79 Å². The van der Waals surface area contributed by atoms with E-state index < -0.39 is 0 Å². The molecule has 4 aromatic rings. The number of carbonyl (C=O) groups excluding carboxylic acids is 1. The fourth-order valence-electron chi connectivity index (χ4n) is 4.38. The fraction of sp³-hybridized carbons (Fsp3) is 0.240. The summed E-state index contributed by atoms with van der Waals surface area (Å²) in [4.78, 5) is 26.2. The van der Waals surface area contributed by atoms with Crippen molar-refractivity contribution in [2.75, 3.05) is 0 Å². The minimum atomic E-state index is -0.245. The second kappa shape index (κ2) is 8.47. The highest BCUT2D eigenvalue weighted by molar-refractivity contribution is 7.10. The summed E-state index contributed by atoms with van der Waals surface area (Å²) < 4.78 is 0. The average Bonchev–Trinajstić information content (AvgIpc) is 3.34. The summed E-state index contributed by atoms with van der Waals surface area (Å²) in [7, 11) is 0. The highest BCUT2D eigenvalue weighted by Gasteiger charge is 2.21. The molecule has 2 heterocycles. The monoisotopic (exact) mass is 429 g/mol. The molecule has 0 radical (unpaired) electrons. The number of carbonyl (C=O) groups is 1. The second-order valence-electron chi connectivity index (χ2n) is 7.97. The molecule has 0 unspecified atom stereocenters. The lowest BCUT2D eigenvalue weighted by Gasteiger charge is -2.22. The van der Waals surface area contributed by atoms with Gasteiger partial charge in [-0.15, -0.1) is 11.3 Å². The third-order valence-corrected chi connectivity index (χ3v) is 6.88. The topological polar surface area (TPSA) is 74.8 Å². The molecular formula is C25H23N3O2S. The molecule has 0 saturated heterocycles. The second-order valence-corrected chi connectivity index (χ2v) is 8.95. The SMILES string of the molecule is O=C(Cc1n[nH]c(=O)c2ccccc12)N[C@@H](c1ccc2c(c1)CCCC2)c1cccs1. The van der Waals surface area contributed by atoms with Gasteiger partial charge in [0.1, 0.15) is 0 Å². The van der Waals surface area contributed by atoms with E-state index in [1.807, 2.05) is 29.6 Å². The first-order chi connectivity index (χ1) is 15.2. The number of hydrogen-bond donors (Lipinski definition) is 2. The number of rotatable bonds is 5. The molecule has 1 aliphatic rings. The van der Waals surface area contributed by atoms with Crippen LogP contribution in [0.25, 0.3) is 10.8 Å². The van der Waals surface area contributed by atoms with Crippen LogP contribution in [0.3, 0.4) is 0 Å². The van der Waals surface area contributed by atoms with Crippen LogP contribution in [0.15, 0.2) is 64.8 Å². The third-order valence-electron chi connectivity index (χ3n) is 5.94. The van der Waals surface area contributed by atoms with E-state index in [9.17, 15) is 9.59 Å². The molecule has 2 aromatic carbocycles. The van der Waals surface area contributed by atoms with E-state index >= 15 is 0 Å². The Morgan fingerprint density at radius 1 is 1.03 bits per heavy atom. The number of fused-ring (bicyclic) bond motifs is 2. The molecule has 0 fully saturated rings. The number of nitrogens with zero attached hydrogens (tertiary/aromatic N) is 1. The predicted molar refractivity (Wildman–Crippen MR) is 123 cm³/mol. The highest BCUT2D eigenvalue weighted by Crippen LogP contribution is 2.30. The Bertz CT molecular complexity index is 1290. The standard InChI is InChI=1S/C25H23N3O2S/c29-23(15-21-19-8-3-4-9-20(19)25(30)28-27-21)26-24(22-10-5-13-31-22)18-12-11-16-6-1-2-7-17(16)14-18/h3-5,8-14,24H,1-2,6-7,15H2,(H,26,29)(H,28,30)/t24-/m0/s1. The van der Waals surface area contributed by atoms with Gasteiger partial charge in [0.2, 0.25) is 5.91 Å². The Morgan fingerprint density at radius 3 is 2.65 bits per heavy atom. The van der Waals surface area contributed by atoms with E-state index in [0.717, 1.165) is 23.3 Å². The Balaban J connectivity index is 1.44. The minimum absolute atomic E-state index is 0.101. The molecule has 1 aliphatic carbocycles. The lowest BCUT2D eigenvalue weighted by Crippen LogP contribution is -2.31. The van der Waals surface area contributed by atoms with Crippen molar-refractivity contribution in [1.29, 1.82) is 0 Å². The number of benzene rings is 2. The van der Waals surface area contributed by atoms with Gasteiger partial charge >= 0.3 is 0 Å². The van der Waals surface area contributed by atoms with E-state index in [0.29, 0.717) is 16.5 Å². The Hall–Kier alpha value is -3.25. The van der Waals surface area contributed by atoms with Gasteiger partial charge in [0.05, 0.1) is 23.5 Å². The van der Waals surface area contributed by atoms with E-state index in [1.54, 1.807) is 17.4 Å². The van der Waals surface area contributed by atoms with Crippen molar-refractivity contribution in [3.8, 4) is 0 Å². The van der Waals surface area contributed by atoms with Crippen LogP contribution in [0.2, 0.25) is 0 Å². The maximum atomic E-state index is 13.1. The van der Waals surface area contributed by atoms with Gasteiger partial charge in [-0.1, -0.05) is 42.5 Å². The first-order valence-corrected chi connectivity index (χ1v) is 11.5. The first-order valence-electron chi connectivity index (χ1n) is 10.6. The predicted octanol–water partition coefficient (Wildman–Crippen LogP) is 4.31. The number of H-pyrrole nitrogens is 1. The van der Waals surface area contributed by atoms with Gasteiger partial charge in [0.15, 0.2) is 0 Å². The van der Waals surface area contributed by atoms with Gasteiger partial charge in [0, 0.05) is 10.3 Å². The van der Waals surface area contributed by atoms with Crippen LogP contribution in [-0.2, 0) is 24.1 Å². The zero-order valence-electron chi connectivity index (χ0n) is 17.1. The molecule has 156 valence electrons. The summed E-state index contributed by atoms with van der Waals surface area (Å²) in [5, 5.41) is 13.2. The van der Waals surface area contributed by atoms with Gasteiger partial charge in [0.25, 0.3) is 5.56 Å². The molecule has 0 bridgehead atoms. The molecular weight excluding hydrogens is 406 g/mol. The van der Waals surface area contributed by atoms with Crippen molar-refractivity contribution in [3.05, 3.63) is 97.6 Å². The summed E-state index contributed by atoms with van der Waals surface area (Å²) in [6.45, 7) is 0. The smallest absolute Gasteiger partial charge is 0.272 e. The number of aryl methyl sites for hydroxylation is 2. The molecule has 0 spiro atoms. The molecule has 6 heteroatoms. The number of nitrogens with one attached hydrogen (secondary N) is 2. The van der Waals surface area contributed by atoms with Crippen LogP contribution in [-0.4, -0.2) is 16.1 Å². The van der Waals surface area contributed by atoms with Crippen molar-refractivity contribution in [1.82, 2.24) is 15.5 Å². The zero-order valence-corrected chi connectivity index (χ0v) is 17.9. The summed E-state index contributed by atoms with van der Waals surface area (Å²) in [5.74, 6) is -0.124. The maximum Gasteiger partial charge on any atom is 0.272 e. The molecule has 5 rings (SSSR count). The summed E-state index contributed by atoms with van der Waals surface area (Å²) in [6.07, 6.45) is 4.80. The molecule has 2 aromatic heterocycles. The van der Waals surface area contributed by atoms with Gasteiger partial charge in [-0.2, -0.15) is 5.10 Å². The average molecular weight is 430 g/mol. The first kappa shape index (κ1) is 19.7. The van der Waals surface area contributed by atoms with Crippen molar-refractivity contribution >= 4 is 28.0 Å². The van der Waals surface area contributed by atoms with Crippen LogP contribution in [0.5, 0.6) is 0 Å². The van der Waals surface area contributed by atoms with E-state index in [-0.39, 0.29) is 23.9 Å². The Labute approximate surface area is 184 Å². The number of aromatic amines is 1. The molecule has 2 N–H and O–H groups in total. The molecule has 31 heavy (non-hydrogen) atoms. The number of amides is 1. The van der Waals surface area contributed by atoms with Crippen molar-refractivity contribution in [2.24, 2.45) is 0 Å². The molecule has 1 atom stereocenters. The van der Waals surface area contributed by atoms with Crippen LogP contribution < -0.4 is 10.9 Å². The van der Waals surface area contributed by atoms with Crippen LogP contribution in [0, 0.1) is 0 Å². The summed E-state index contributed by atoms with van der Waals surface area (Å²) >= 11 is 1.64. The molecule has 1 amide bonds. The normalized spacial score (nSPS) is 14.2. The summed E-state index contributed by atoms with van der Waals surface area (Å²) in [6, 6.07) is 17.7. The van der Waals surface area contributed by atoms with E-state index in [4.69, 9.17) is 0 Å². The van der Waals surface area contributed by atoms with Gasteiger partial charge in [-0.05, 0) is 59.9 Å². The molecule has 0 aliphatic heterocycles. The largest absolute Gasteiger partial charge is 0.344 e. The Morgan fingerprint density at radius 2 is 1.84 bits per heavy atom. The third kappa shape index (κ3) is 4.03. The molecule has 5 nitrogen and oxygen atoms in total. The lowest BCUT2D eigenvalue weighted by atomic mass is 9.89. The fourth-order valence-corrected chi connectivity index (χ4v) is 5.18. The van der Waals surface area contributed by atoms with Gasteiger partial charge in [-0.3, -0.25) is 9.59 Å². The minimum Gasteiger partial charge on any atom is -0.344 e. The van der Waals surface area contributed by atoms with Crippen molar-refractivity contribution in [2.45, 2.75) is 38.1 Å². The van der Waals surface area contributed by atoms with E-state index in [1.165, 1.54) is 24.0 Å². The maximum absolute atomic E-state index is 13.1. The number of aromatic nitrogens is 2. The van der Waals surface area contributed by atoms with E-state index in [2.05, 4.69) is 39.8 Å². The zero-order chi connectivity index (χ0) is 21.2. The van der Waals surface area contributed by atoms with Crippen LogP contribution >= 0.6 is 11.3 Å². The highest BCUT2D eigenvalue weighted by atomic mass is 32.1. The molecule has 0 saturated carbocycles. The van der Waals surface area contributed by atoms with Gasteiger partial charge < -0.3 is 5.32 Å². The number of thiophene rings is 1. The quantitative estimate of drug-likeness (QED) is 0.496. The summed E-state index contributed by atoms with van der Waals surface area (Å²) in [5.41, 5.74) is 4.26. The van der Waals surface area contributed by atoms with Gasteiger partial charge in [-0.25, -0.2) is 5.10 Å². The van der Waals surface area contributed by atoms with Crippen LogP contribution in [0.1, 0.15) is 46.1 Å².